The van der Waals surface area contributed by atoms with Gasteiger partial charge in [-0.15, -0.1) is 11.3 Å². The van der Waals surface area contributed by atoms with E-state index in [0.29, 0.717) is 12.1 Å². The van der Waals surface area contributed by atoms with E-state index in [0.717, 1.165) is 4.96 Å². The van der Waals surface area contributed by atoms with Gasteiger partial charge in [0.2, 0.25) is 5.91 Å². The highest BCUT2D eigenvalue weighted by atomic mass is 32.1. The Kier molecular flexibility index (Phi) is 3.61. The fourth-order valence-electron chi connectivity index (χ4n) is 1.61. The van der Waals surface area contributed by atoms with Crippen LogP contribution < -0.4 is 5.32 Å². The van der Waals surface area contributed by atoms with Crippen LogP contribution in [-0.2, 0) is 16.0 Å². The Labute approximate surface area is 107 Å². The lowest BCUT2D eigenvalue weighted by molar-refractivity contribution is -0.141. The van der Waals surface area contributed by atoms with E-state index in [1.165, 1.54) is 11.3 Å². The first-order valence-corrected chi connectivity index (χ1v) is 6.41. The van der Waals surface area contributed by atoms with Gasteiger partial charge in [0, 0.05) is 17.8 Å². The number of nitrogens with one attached hydrogen (secondary N) is 1. The Morgan fingerprint density at radius 1 is 1.61 bits per heavy atom. The maximum Gasteiger partial charge on any atom is 0.326 e. The molecular weight excluding hydrogens is 254 g/mol. The van der Waals surface area contributed by atoms with Gasteiger partial charge in [-0.25, -0.2) is 9.78 Å². The topological polar surface area (TPSA) is 83.7 Å². The molecule has 2 aromatic rings. The number of fused-ring (bicyclic) bond motifs is 1. The fourth-order valence-corrected chi connectivity index (χ4v) is 2.33. The van der Waals surface area contributed by atoms with E-state index < -0.39 is 12.0 Å². The van der Waals surface area contributed by atoms with Crippen molar-refractivity contribution in [2.24, 2.45) is 0 Å². The van der Waals surface area contributed by atoms with Crippen LogP contribution in [-0.4, -0.2) is 32.4 Å². The van der Waals surface area contributed by atoms with Gasteiger partial charge in [0.1, 0.15) is 6.04 Å². The number of carboxylic acids is 1. The standard InChI is InChI=1S/C11H13N3O3S/c1-2-8(10(16)17)13-9(15)5-7-6-14-3-4-18-11(14)12-7/h3-4,6,8H,2,5H2,1H3,(H,13,15)(H,16,17). The molecule has 2 aromatic heterocycles. The Balaban J connectivity index is 1.99. The number of carbonyl (C=O) groups excluding carboxylic acids is 1. The van der Waals surface area contributed by atoms with Crippen molar-refractivity contribution >= 4 is 28.2 Å². The van der Waals surface area contributed by atoms with Crippen molar-refractivity contribution in [3.63, 3.8) is 0 Å². The Morgan fingerprint density at radius 3 is 3.00 bits per heavy atom. The van der Waals surface area contributed by atoms with Gasteiger partial charge >= 0.3 is 5.97 Å². The SMILES string of the molecule is CCC(NC(=O)Cc1cn2ccsc2n1)C(=O)O. The third kappa shape index (κ3) is 2.67. The van der Waals surface area contributed by atoms with E-state index in [1.54, 1.807) is 13.1 Å². The summed E-state index contributed by atoms with van der Waals surface area (Å²) in [5.74, 6) is -1.34. The minimum Gasteiger partial charge on any atom is -0.480 e. The second-order valence-electron chi connectivity index (χ2n) is 3.87. The molecule has 1 amide bonds. The molecule has 2 heterocycles. The van der Waals surface area contributed by atoms with Gasteiger partial charge in [-0.05, 0) is 6.42 Å². The molecule has 0 saturated carbocycles. The molecule has 0 fully saturated rings. The molecular formula is C11H13N3O3S. The van der Waals surface area contributed by atoms with E-state index in [1.807, 2.05) is 16.0 Å². The summed E-state index contributed by atoms with van der Waals surface area (Å²) >= 11 is 1.48. The zero-order chi connectivity index (χ0) is 13.1. The van der Waals surface area contributed by atoms with Gasteiger partial charge in [0.15, 0.2) is 4.96 Å². The van der Waals surface area contributed by atoms with Gasteiger partial charge in [-0.3, -0.25) is 9.20 Å². The van der Waals surface area contributed by atoms with Crippen molar-refractivity contribution in [3.05, 3.63) is 23.5 Å². The van der Waals surface area contributed by atoms with Crippen LogP contribution in [0.4, 0.5) is 0 Å². The first kappa shape index (κ1) is 12.6. The molecule has 1 atom stereocenters. The molecule has 96 valence electrons. The third-order valence-electron chi connectivity index (χ3n) is 2.53. The number of hydrogen-bond donors (Lipinski definition) is 2. The van der Waals surface area contributed by atoms with Gasteiger partial charge in [0.25, 0.3) is 0 Å². The molecule has 18 heavy (non-hydrogen) atoms. The van der Waals surface area contributed by atoms with Crippen LogP contribution in [0.1, 0.15) is 19.0 Å². The van der Waals surface area contributed by atoms with Crippen LogP contribution >= 0.6 is 11.3 Å². The van der Waals surface area contributed by atoms with E-state index in [2.05, 4.69) is 10.3 Å². The predicted octanol–water partition coefficient (Wildman–Crippen LogP) is 0.918. The Morgan fingerprint density at radius 2 is 2.39 bits per heavy atom. The zero-order valence-electron chi connectivity index (χ0n) is 9.79. The van der Waals surface area contributed by atoms with Crippen LogP contribution in [0.15, 0.2) is 17.8 Å². The molecule has 0 aromatic carbocycles. The molecule has 0 aliphatic heterocycles. The number of amides is 1. The van der Waals surface area contributed by atoms with Crippen LogP contribution in [0.5, 0.6) is 0 Å². The average molecular weight is 267 g/mol. The summed E-state index contributed by atoms with van der Waals surface area (Å²) in [6.45, 7) is 1.71. The quantitative estimate of drug-likeness (QED) is 0.843. The van der Waals surface area contributed by atoms with Crippen molar-refractivity contribution in [2.45, 2.75) is 25.8 Å². The third-order valence-corrected chi connectivity index (χ3v) is 3.30. The fraction of sp³-hybridized carbons (Fsp3) is 0.364. The number of carbonyl (C=O) groups is 2. The molecule has 2 rings (SSSR count). The summed E-state index contributed by atoms with van der Waals surface area (Å²) in [4.78, 5) is 27.5. The van der Waals surface area contributed by atoms with Crippen LogP contribution in [0.25, 0.3) is 4.96 Å². The first-order chi connectivity index (χ1) is 8.60. The number of aromatic nitrogens is 2. The molecule has 0 aliphatic carbocycles. The minimum absolute atomic E-state index is 0.0954. The van der Waals surface area contributed by atoms with E-state index in [4.69, 9.17) is 5.11 Å². The number of rotatable bonds is 5. The van der Waals surface area contributed by atoms with Gasteiger partial charge < -0.3 is 10.4 Å². The second-order valence-corrected chi connectivity index (χ2v) is 4.74. The van der Waals surface area contributed by atoms with E-state index >= 15 is 0 Å². The first-order valence-electron chi connectivity index (χ1n) is 5.53. The van der Waals surface area contributed by atoms with Gasteiger partial charge in [0.05, 0.1) is 12.1 Å². The zero-order valence-corrected chi connectivity index (χ0v) is 10.6. The number of aliphatic carboxylic acids is 1. The van der Waals surface area contributed by atoms with Crippen molar-refractivity contribution in [3.8, 4) is 0 Å². The summed E-state index contributed by atoms with van der Waals surface area (Å²) in [7, 11) is 0. The summed E-state index contributed by atoms with van der Waals surface area (Å²) in [5, 5.41) is 13.2. The van der Waals surface area contributed by atoms with Gasteiger partial charge in [-0.1, -0.05) is 6.92 Å². The Hall–Kier alpha value is -1.89. The van der Waals surface area contributed by atoms with Crippen molar-refractivity contribution in [1.29, 1.82) is 0 Å². The molecule has 0 radical (unpaired) electrons. The maximum absolute atomic E-state index is 11.7. The van der Waals surface area contributed by atoms with Crippen LogP contribution in [0.3, 0.4) is 0 Å². The van der Waals surface area contributed by atoms with Crippen LogP contribution in [0.2, 0.25) is 0 Å². The lowest BCUT2D eigenvalue weighted by Crippen LogP contribution is -2.41. The van der Waals surface area contributed by atoms with Crippen LogP contribution in [0, 0.1) is 0 Å². The minimum atomic E-state index is -1.02. The number of imidazole rings is 1. The largest absolute Gasteiger partial charge is 0.480 e. The summed E-state index contributed by atoms with van der Waals surface area (Å²) < 4.78 is 1.84. The van der Waals surface area contributed by atoms with E-state index in [9.17, 15) is 9.59 Å². The predicted molar refractivity (Wildman–Crippen MR) is 66.6 cm³/mol. The lowest BCUT2D eigenvalue weighted by Gasteiger charge is -2.11. The normalized spacial score (nSPS) is 12.5. The molecule has 0 saturated heterocycles. The van der Waals surface area contributed by atoms with Crippen molar-refractivity contribution < 1.29 is 14.7 Å². The maximum atomic E-state index is 11.7. The highest BCUT2D eigenvalue weighted by Crippen LogP contribution is 2.11. The van der Waals surface area contributed by atoms with Crippen molar-refractivity contribution in [2.75, 3.05) is 0 Å². The highest BCUT2D eigenvalue weighted by molar-refractivity contribution is 7.15. The average Bonchev–Trinajstić information content (AvgIpc) is 2.85. The summed E-state index contributed by atoms with van der Waals surface area (Å²) in [5.41, 5.74) is 0.639. The molecule has 0 spiro atoms. The molecule has 0 aliphatic rings. The molecule has 7 heteroatoms. The van der Waals surface area contributed by atoms with E-state index in [-0.39, 0.29) is 12.3 Å². The summed E-state index contributed by atoms with van der Waals surface area (Å²) in [6.07, 6.45) is 4.09. The monoisotopic (exact) mass is 267 g/mol. The number of nitrogens with zero attached hydrogens (tertiary/aromatic N) is 2. The number of hydrogen-bond acceptors (Lipinski definition) is 4. The molecule has 2 N–H and O–H groups in total. The van der Waals surface area contributed by atoms with Crippen molar-refractivity contribution in [1.82, 2.24) is 14.7 Å². The smallest absolute Gasteiger partial charge is 0.326 e. The molecule has 1 unspecified atom stereocenters. The second kappa shape index (κ2) is 5.18. The summed E-state index contributed by atoms with van der Waals surface area (Å²) in [6, 6.07) is -0.832. The number of carboxylic acid groups (broad SMARTS) is 1. The number of thiazole rings is 1. The molecule has 0 bridgehead atoms. The lowest BCUT2D eigenvalue weighted by atomic mass is 10.2. The highest BCUT2D eigenvalue weighted by Gasteiger charge is 2.18. The Bertz CT molecular complexity index is 546. The molecule has 6 nitrogen and oxygen atoms in total. The van der Waals surface area contributed by atoms with Gasteiger partial charge in [-0.2, -0.15) is 0 Å².